The molecule has 0 bridgehead atoms. The van der Waals surface area contributed by atoms with Gasteiger partial charge in [-0.15, -0.1) is 0 Å². The van der Waals surface area contributed by atoms with Crippen molar-refractivity contribution in [3.63, 3.8) is 0 Å². The standard InChI is InChI=1S/C39H64N2O9/c1-7-32(44)28(5)37-34(48-37)24-39(6,47)18-8-9-26(3)36-27(4)11-13-33(25(2)10-12-31(43)23-35(45)50-36)49-38(46)41-19-14-29(15-20-41)40-21-16-30(42)17-22-40/h8-9,11,13,18,25,27-34,36-37,42-44,47H,7,10,12,14-17,19-24H2,1-6H3/b13-11-,18-8+,26-9+. The molecule has 0 radical (unpaired) electrons. The van der Waals surface area contributed by atoms with Crippen molar-refractivity contribution < 1.29 is 44.2 Å². The summed E-state index contributed by atoms with van der Waals surface area (Å²) in [6.45, 7) is 14.5. The molecule has 0 aromatic carbocycles. The quantitative estimate of drug-likeness (QED) is 0.111. The van der Waals surface area contributed by atoms with Crippen LogP contribution in [0.5, 0.6) is 0 Å². The van der Waals surface area contributed by atoms with Gasteiger partial charge in [0.2, 0.25) is 0 Å². The molecule has 10 unspecified atom stereocenters. The zero-order valence-corrected chi connectivity index (χ0v) is 31.2. The first kappa shape index (κ1) is 40.5. The van der Waals surface area contributed by atoms with Gasteiger partial charge in [-0.1, -0.05) is 52.0 Å². The largest absolute Gasteiger partial charge is 0.457 e. The topological polar surface area (TPSA) is 153 Å². The molecule has 0 spiro atoms. The number of cyclic esters (lactones) is 1. The molecule has 4 rings (SSSR count). The van der Waals surface area contributed by atoms with Crippen LogP contribution >= 0.6 is 0 Å². The van der Waals surface area contributed by atoms with Crippen molar-refractivity contribution in [2.24, 2.45) is 17.8 Å². The third-order valence-electron chi connectivity index (χ3n) is 11.3. The molecule has 284 valence electrons. The Labute approximate surface area is 299 Å². The number of allylic oxidation sites excluding steroid dienone is 2. The number of nitrogens with zero attached hydrogens (tertiary/aromatic N) is 2. The minimum atomic E-state index is -1.13. The summed E-state index contributed by atoms with van der Waals surface area (Å²) in [5, 5.41) is 41.7. The van der Waals surface area contributed by atoms with Gasteiger partial charge in [0.1, 0.15) is 12.2 Å². The van der Waals surface area contributed by atoms with Crippen LogP contribution in [0.3, 0.4) is 0 Å². The summed E-state index contributed by atoms with van der Waals surface area (Å²) in [6.07, 6.45) is 11.2. The van der Waals surface area contributed by atoms with Gasteiger partial charge >= 0.3 is 12.1 Å². The van der Waals surface area contributed by atoms with E-state index in [4.69, 9.17) is 14.2 Å². The zero-order valence-electron chi connectivity index (χ0n) is 31.2. The maximum Gasteiger partial charge on any atom is 0.410 e. The number of amides is 1. The van der Waals surface area contributed by atoms with Gasteiger partial charge in [-0.2, -0.15) is 0 Å². The first-order chi connectivity index (χ1) is 23.7. The van der Waals surface area contributed by atoms with Crippen LogP contribution in [0.25, 0.3) is 0 Å². The van der Waals surface area contributed by atoms with Crippen molar-refractivity contribution >= 4 is 12.1 Å². The van der Waals surface area contributed by atoms with Crippen LogP contribution in [-0.4, -0.2) is 123 Å². The Balaban J connectivity index is 1.38. The number of carbonyl (C=O) groups is 2. The summed E-state index contributed by atoms with van der Waals surface area (Å²) in [4.78, 5) is 30.5. The van der Waals surface area contributed by atoms with Crippen LogP contribution in [-0.2, 0) is 19.0 Å². The fourth-order valence-corrected chi connectivity index (χ4v) is 7.66. The molecular formula is C39H64N2O9. The number of esters is 1. The Bertz CT molecular complexity index is 1190. The summed E-state index contributed by atoms with van der Waals surface area (Å²) in [7, 11) is 0. The Morgan fingerprint density at radius 2 is 1.74 bits per heavy atom. The lowest BCUT2D eigenvalue weighted by Crippen LogP contribution is -2.50. The normalized spacial score (nSPS) is 34.6. The van der Waals surface area contributed by atoms with Crippen LogP contribution < -0.4 is 0 Å². The van der Waals surface area contributed by atoms with E-state index < -0.39 is 36.0 Å². The van der Waals surface area contributed by atoms with E-state index in [9.17, 15) is 30.0 Å². The molecule has 4 aliphatic heterocycles. The number of epoxide rings is 1. The van der Waals surface area contributed by atoms with Gasteiger partial charge in [-0.25, -0.2) is 4.79 Å². The monoisotopic (exact) mass is 704 g/mol. The van der Waals surface area contributed by atoms with E-state index in [-0.39, 0.29) is 48.6 Å². The molecule has 0 aromatic rings. The first-order valence-electron chi connectivity index (χ1n) is 19.0. The average molecular weight is 705 g/mol. The van der Waals surface area contributed by atoms with E-state index in [0.717, 1.165) is 44.3 Å². The third kappa shape index (κ3) is 11.9. The van der Waals surface area contributed by atoms with Gasteiger partial charge in [0.05, 0.1) is 42.5 Å². The molecule has 3 saturated heterocycles. The Hall–Kier alpha value is -2.28. The molecule has 4 heterocycles. The summed E-state index contributed by atoms with van der Waals surface area (Å²) in [6, 6.07) is 0.417. The highest BCUT2D eigenvalue weighted by molar-refractivity contribution is 5.70. The molecule has 3 fully saturated rings. The highest BCUT2D eigenvalue weighted by Crippen LogP contribution is 2.37. The SMILES string of the molecule is CCC(O)C(C)C1OC1CC(C)(O)/C=C/C=C(\C)C1OC(=O)CC(O)CCC(C)C(OC(=O)N2CCC(N3CCC(O)CC3)CC2)/C=C\C1C. The van der Waals surface area contributed by atoms with E-state index in [1.807, 2.05) is 52.8 Å². The maximum atomic E-state index is 13.4. The van der Waals surface area contributed by atoms with Gasteiger partial charge < -0.3 is 44.4 Å². The molecule has 50 heavy (non-hydrogen) atoms. The molecule has 4 N–H and O–H groups in total. The van der Waals surface area contributed by atoms with Crippen molar-refractivity contribution in [1.82, 2.24) is 9.80 Å². The summed E-state index contributed by atoms with van der Waals surface area (Å²) in [5.74, 6) is -0.818. The number of likely N-dealkylation sites (tertiary alicyclic amines) is 2. The van der Waals surface area contributed by atoms with Crippen LogP contribution in [0.15, 0.2) is 36.0 Å². The molecule has 10 atom stereocenters. The van der Waals surface area contributed by atoms with E-state index in [0.29, 0.717) is 44.8 Å². The van der Waals surface area contributed by atoms with Gasteiger partial charge in [-0.3, -0.25) is 4.79 Å². The van der Waals surface area contributed by atoms with Crippen molar-refractivity contribution in [3.8, 4) is 0 Å². The van der Waals surface area contributed by atoms with E-state index in [1.165, 1.54) is 0 Å². The second-order valence-corrected chi connectivity index (χ2v) is 15.7. The van der Waals surface area contributed by atoms with E-state index >= 15 is 0 Å². The van der Waals surface area contributed by atoms with E-state index in [1.54, 1.807) is 24.0 Å². The fraction of sp³-hybridized carbons (Fsp3) is 0.795. The van der Waals surface area contributed by atoms with Crippen LogP contribution in [0, 0.1) is 17.8 Å². The molecule has 11 heteroatoms. The lowest BCUT2D eigenvalue weighted by atomic mass is 9.91. The molecule has 11 nitrogen and oxygen atoms in total. The van der Waals surface area contributed by atoms with Crippen LogP contribution in [0.4, 0.5) is 4.79 Å². The number of hydrogen-bond donors (Lipinski definition) is 4. The van der Waals surface area contributed by atoms with Gasteiger partial charge in [-0.05, 0) is 76.4 Å². The molecular weight excluding hydrogens is 640 g/mol. The number of ether oxygens (including phenoxy) is 3. The van der Waals surface area contributed by atoms with E-state index in [2.05, 4.69) is 4.90 Å². The predicted molar refractivity (Wildman–Crippen MR) is 191 cm³/mol. The first-order valence-corrected chi connectivity index (χ1v) is 19.0. The fourth-order valence-electron chi connectivity index (χ4n) is 7.66. The number of carbonyl (C=O) groups excluding carboxylic acids is 2. The highest BCUT2D eigenvalue weighted by Gasteiger charge is 2.47. The minimum absolute atomic E-state index is 0.000894. The molecule has 0 saturated carbocycles. The summed E-state index contributed by atoms with van der Waals surface area (Å²) >= 11 is 0. The van der Waals surface area contributed by atoms with Gasteiger partial charge in [0, 0.05) is 50.5 Å². The Morgan fingerprint density at radius 1 is 1.06 bits per heavy atom. The Kier molecular flexibility index (Phi) is 15.0. The zero-order chi connectivity index (χ0) is 36.6. The lowest BCUT2D eigenvalue weighted by Gasteiger charge is -2.41. The highest BCUT2D eigenvalue weighted by atomic mass is 16.6. The third-order valence-corrected chi connectivity index (χ3v) is 11.3. The van der Waals surface area contributed by atoms with Crippen molar-refractivity contribution in [2.45, 2.75) is 154 Å². The number of rotatable bonds is 10. The average Bonchev–Trinajstić information content (AvgIpc) is 3.84. The molecule has 1 amide bonds. The van der Waals surface area contributed by atoms with Crippen molar-refractivity contribution in [2.75, 3.05) is 26.2 Å². The lowest BCUT2D eigenvalue weighted by molar-refractivity contribution is -0.151. The maximum absolute atomic E-state index is 13.4. The smallest absolute Gasteiger partial charge is 0.410 e. The second-order valence-electron chi connectivity index (χ2n) is 15.7. The van der Waals surface area contributed by atoms with Crippen LogP contribution in [0.2, 0.25) is 0 Å². The summed E-state index contributed by atoms with van der Waals surface area (Å²) < 4.78 is 17.8. The summed E-state index contributed by atoms with van der Waals surface area (Å²) in [5.41, 5.74) is -0.368. The van der Waals surface area contributed by atoms with Crippen molar-refractivity contribution in [1.29, 1.82) is 0 Å². The number of aliphatic hydroxyl groups excluding tert-OH is 3. The van der Waals surface area contributed by atoms with Gasteiger partial charge in [0.15, 0.2) is 0 Å². The predicted octanol–water partition coefficient (Wildman–Crippen LogP) is 4.52. The van der Waals surface area contributed by atoms with Gasteiger partial charge in [0.25, 0.3) is 0 Å². The van der Waals surface area contributed by atoms with Crippen LogP contribution in [0.1, 0.15) is 99.3 Å². The number of piperidine rings is 2. The molecule has 0 aromatic heterocycles. The minimum Gasteiger partial charge on any atom is -0.457 e. The molecule has 4 aliphatic rings. The second kappa shape index (κ2) is 18.5. The molecule has 0 aliphatic carbocycles. The van der Waals surface area contributed by atoms with Crippen molar-refractivity contribution in [3.05, 3.63) is 36.0 Å². The number of hydrogen-bond acceptors (Lipinski definition) is 10. The Morgan fingerprint density at radius 3 is 2.40 bits per heavy atom. The number of aliphatic hydroxyl groups is 4.